The highest BCUT2D eigenvalue weighted by molar-refractivity contribution is 7.98. The number of methoxy groups -OCH3 is 1. The zero-order valence-corrected chi connectivity index (χ0v) is 10.1. The van der Waals surface area contributed by atoms with E-state index in [1.807, 2.05) is 25.3 Å². The summed E-state index contributed by atoms with van der Waals surface area (Å²) in [7, 11) is 1.43. The van der Waals surface area contributed by atoms with Crippen LogP contribution in [0.25, 0.3) is 0 Å². The maximum absolute atomic E-state index is 11.2. The lowest BCUT2D eigenvalue weighted by molar-refractivity contribution is -0.144. The average Bonchev–Trinajstić information content (AvgIpc) is 2.28. The molecule has 0 aromatic heterocycles. The number of rotatable bonds is 4. The van der Waals surface area contributed by atoms with Crippen molar-refractivity contribution in [3.63, 3.8) is 0 Å². The molecule has 0 radical (unpaired) electrons. The molecule has 82 valence electrons. The van der Waals surface area contributed by atoms with Crippen molar-refractivity contribution in [3.8, 4) is 0 Å². The van der Waals surface area contributed by atoms with E-state index in [9.17, 15) is 4.79 Å². The van der Waals surface area contributed by atoms with Crippen molar-refractivity contribution in [2.75, 3.05) is 13.4 Å². The summed E-state index contributed by atoms with van der Waals surface area (Å²) in [4.78, 5) is 12.5. The van der Waals surface area contributed by atoms with Gasteiger partial charge in [-0.1, -0.05) is 19.1 Å². The topological polar surface area (TPSA) is 26.3 Å². The van der Waals surface area contributed by atoms with Crippen LogP contribution in [0.5, 0.6) is 0 Å². The maximum Gasteiger partial charge on any atom is 0.308 e. The van der Waals surface area contributed by atoms with Gasteiger partial charge in [0.2, 0.25) is 0 Å². The minimum atomic E-state index is -0.149. The first-order chi connectivity index (χ1) is 7.17. The van der Waals surface area contributed by atoms with E-state index in [4.69, 9.17) is 4.74 Å². The largest absolute Gasteiger partial charge is 0.469 e. The van der Waals surface area contributed by atoms with Gasteiger partial charge in [-0.05, 0) is 30.4 Å². The summed E-state index contributed by atoms with van der Waals surface area (Å²) in [6, 6.07) is 8.24. The normalized spacial score (nSPS) is 12.2. The van der Waals surface area contributed by atoms with Crippen molar-refractivity contribution >= 4 is 17.7 Å². The fourth-order valence-corrected chi connectivity index (χ4v) is 1.92. The summed E-state index contributed by atoms with van der Waals surface area (Å²) >= 11 is 1.71. The lowest BCUT2D eigenvalue weighted by Gasteiger charge is -2.09. The van der Waals surface area contributed by atoms with Crippen LogP contribution < -0.4 is 0 Å². The zero-order valence-electron chi connectivity index (χ0n) is 9.32. The molecule has 0 aliphatic rings. The number of esters is 1. The summed E-state index contributed by atoms with van der Waals surface area (Å²) in [5.41, 5.74) is 1.18. The number of ether oxygens (including phenoxy) is 1. The summed E-state index contributed by atoms with van der Waals surface area (Å²) in [6.07, 6.45) is 2.78. The predicted octanol–water partition coefficient (Wildman–Crippen LogP) is 2.76. The van der Waals surface area contributed by atoms with E-state index in [-0.39, 0.29) is 11.9 Å². The molecule has 1 rings (SSSR count). The molecule has 0 heterocycles. The molecule has 1 atom stereocenters. The summed E-state index contributed by atoms with van der Waals surface area (Å²) in [5, 5.41) is 0. The standard InChI is InChI=1S/C12H16O2S/c1-9(12(13)14-2)7-10-5-4-6-11(8-10)15-3/h4-6,8-9H,7H2,1-3H3. The van der Waals surface area contributed by atoms with Crippen LogP contribution >= 0.6 is 11.8 Å². The van der Waals surface area contributed by atoms with Gasteiger partial charge in [-0.15, -0.1) is 11.8 Å². The first-order valence-corrected chi connectivity index (χ1v) is 6.10. The van der Waals surface area contributed by atoms with Crippen LogP contribution in [0, 0.1) is 5.92 Å². The van der Waals surface area contributed by atoms with Crippen LogP contribution in [-0.4, -0.2) is 19.3 Å². The van der Waals surface area contributed by atoms with Crippen LogP contribution in [0.1, 0.15) is 12.5 Å². The number of thioether (sulfide) groups is 1. The minimum absolute atomic E-state index is 0.0768. The Kier molecular flexibility index (Phi) is 4.69. The van der Waals surface area contributed by atoms with Crippen molar-refractivity contribution in [3.05, 3.63) is 29.8 Å². The number of benzene rings is 1. The zero-order chi connectivity index (χ0) is 11.3. The minimum Gasteiger partial charge on any atom is -0.469 e. The van der Waals surface area contributed by atoms with Gasteiger partial charge >= 0.3 is 5.97 Å². The molecular weight excluding hydrogens is 208 g/mol. The fourth-order valence-electron chi connectivity index (χ4n) is 1.44. The second-order valence-corrected chi connectivity index (χ2v) is 4.36. The molecule has 0 N–H and O–H groups in total. The smallest absolute Gasteiger partial charge is 0.308 e. The average molecular weight is 224 g/mol. The van der Waals surface area contributed by atoms with E-state index in [2.05, 4.69) is 12.1 Å². The second-order valence-electron chi connectivity index (χ2n) is 3.48. The third-order valence-corrected chi connectivity index (χ3v) is 3.00. The number of carbonyl (C=O) groups excluding carboxylic acids is 1. The van der Waals surface area contributed by atoms with Crippen molar-refractivity contribution < 1.29 is 9.53 Å². The van der Waals surface area contributed by atoms with Crippen molar-refractivity contribution in [2.45, 2.75) is 18.2 Å². The van der Waals surface area contributed by atoms with E-state index < -0.39 is 0 Å². The molecule has 1 aromatic rings. The molecule has 0 spiro atoms. The van der Waals surface area contributed by atoms with Gasteiger partial charge in [0, 0.05) is 4.90 Å². The van der Waals surface area contributed by atoms with E-state index in [1.54, 1.807) is 11.8 Å². The van der Waals surface area contributed by atoms with Crippen LogP contribution in [0.2, 0.25) is 0 Å². The molecule has 0 bridgehead atoms. The molecule has 0 aliphatic carbocycles. The number of carbonyl (C=O) groups is 1. The third-order valence-electron chi connectivity index (χ3n) is 2.28. The molecule has 0 fully saturated rings. The Morgan fingerprint density at radius 3 is 2.87 bits per heavy atom. The lowest BCUT2D eigenvalue weighted by atomic mass is 10.0. The summed E-state index contributed by atoms with van der Waals surface area (Å²) in [6.45, 7) is 1.89. The highest BCUT2D eigenvalue weighted by Crippen LogP contribution is 2.18. The maximum atomic E-state index is 11.2. The van der Waals surface area contributed by atoms with Gasteiger partial charge in [0.25, 0.3) is 0 Å². The molecule has 15 heavy (non-hydrogen) atoms. The first-order valence-electron chi connectivity index (χ1n) is 4.88. The number of hydrogen-bond acceptors (Lipinski definition) is 3. The molecule has 0 saturated heterocycles. The van der Waals surface area contributed by atoms with Gasteiger partial charge in [-0.25, -0.2) is 0 Å². The predicted molar refractivity (Wildman–Crippen MR) is 63.1 cm³/mol. The van der Waals surface area contributed by atoms with Crippen molar-refractivity contribution in [1.29, 1.82) is 0 Å². The molecule has 2 nitrogen and oxygen atoms in total. The van der Waals surface area contributed by atoms with Gasteiger partial charge in [0.05, 0.1) is 13.0 Å². The molecule has 0 aliphatic heterocycles. The van der Waals surface area contributed by atoms with Crippen molar-refractivity contribution in [2.24, 2.45) is 5.92 Å². The Morgan fingerprint density at radius 2 is 2.27 bits per heavy atom. The number of hydrogen-bond donors (Lipinski definition) is 0. The van der Waals surface area contributed by atoms with Crippen LogP contribution in [0.3, 0.4) is 0 Å². The molecule has 1 unspecified atom stereocenters. The fraction of sp³-hybridized carbons (Fsp3) is 0.417. The van der Waals surface area contributed by atoms with E-state index in [1.165, 1.54) is 17.6 Å². The highest BCUT2D eigenvalue weighted by Gasteiger charge is 2.13. The molecule has 0 amide bonds. The van der Waals surface area contributed by atoms with Gasteiger partial charge in [-0.2, -0.15) is 0 Å². The third kappa shape index (κ3) is 3.59. The Hall–Kier alpha value is -0.960. The molecule has 1 aromatic carbocycles. The Balaban J connectivity index is 2.67. The van der Waals surface area contributed by atoms with Crippen molar-refractivity contribution in [1.82, 2.24) is 0 Å². The second kappa shape index (κ2) is 5.81. The first kappa shape index (κ1) is 12.1. The summed E-state index contributed by atoms with van der Waals surface area (Å²) in [5.74, 6) is -0.225. The SMILES string of the molecule is COC(=O)C(C)Cc1cccc(SC)c1. The highest BCUT2D eigenvalue weighted by atomic mass is 32.2. The van der Waals surface area contributed by atoms with Gasteiger partial charge < -0.3 is 4.74 Å². The quantitative estimate of drug-likeness (QED) is 0.581. The van der Waals surface area contributed by atoms with E-state index in [0.29, 0.717) is 0 Å². The Bertz CT molecular complexity index is 336. The van der Waals surface area contributed by atoms with E-state index in [0.717, 1.165) is 6.42 Å². The van der Waals surface area contributed by atoms with E-state index >= 15 is 0 Å². The molecular formula is C12H16O2S. The summed E-state index contributed by atoms with van der Waals surface area (Å²) < 4.78 is 4.70. The monoisotopic (exact) mass is 224 g/mol. The van der Waals surface area contributed by atoms with Crippen LogP contribution in [0.15, 0.2) is 29.2 Å². The molecule has 3 heteroatoms. The molecule has 0 saturated carbocycles. The lowest BCUT2D eigenvalue weighted by Crippen LogP contribution is -2.15. The van der Waals surface area contributed by atoms with Crippen LogP contribution in [-0.2, 0) is 16.0 Å². The van der Waals surface area contributed by atoms with Gasteiger partial charge in [-0.3, -0.25) is 4.79 Å². The van der Waals surface area contributed by atoms with Crippen LogP contribution in [0.4, 0.5) is 0 Å². The Labute approximate surface area is 95.0 Å². The van der Waals surface area contributed by atoms with Gasteiger partial charge in [0.1, 0.15) is 0 Å². The van der Waals surface area contributed by atoms with Gasteiger partial charge in [0.15, 0.2) is 0 Å². The Morgan fingerprint density at radius 1 is 1.53 bits per heavy atom.